The molecule has 0 amide bonds. The van der Waals surface area contributed by atoms with Crippen LogP contribution in [0.4, 0.5) is 0 Å². The number of allylic oxidation sites excluding steroid dienone is 4. The summed E-state index contributed by atoms with van der Waals surface area (Å²) in [7, 11) is -3.08. The Morgan fingerprint density at radius 1 is 1.18 bits per heavy atom. The van der Waals surface area contributed by atoms with Crippen LogP contribution in [-0.2, 0) is 32.4 Å². The van der Waals surface area contributed by atoms with Gasteiger partial charge in [0.25, 0.3) is 0 Å². The molecule has 0 radical (unpaired) electrons. The molecule has 1 atom stereocenters. The van der Waals surface area contributed by atoms with E-state index >= 15 is 0 Å². The molecule has 3 N–H and O–H groups in total. The van der Waals surface area contributed by atoms with E-state index in [-0.39, 0.29) is 22.6 Å². The third kappa shape index (κ3) is 8.85. The van der Waals surface area contributed by atoms with Gasteiger partial charge < -0.3 is 14.9 Å². The monoisotopic (exact) mass is 481 g/mol. The Morgan fingerprint density at radius 3 is 2.42 bits per heavy atom. The van der Waals surface area contributed by atoms with Crippen LogP contribution in [0.5, 0.6) is 11.5 Å². The van der Waals surface area contributed by atoms with E-state index in [0.29, 0.717) is 18.4 Å². The zero-order valence-corrected chi connectivity index (χ0v) is 21.5. The topological polar surface area (TPSA) is 113 Å². The molecule has 0 unspecified atom stereocenters. The average Bonchev–Trinajstić information content (AvgIpc) is 2.71. The molecular weight excluding hydrogens is 442 g/mol. The van der Waals surface area contributed by atoms with Crippen molar-refractivity contribution in [3.8, 4) is 11.5 Å². The Kier molecular flexibility index (Phi) is 11.7. The number of carbonyl (C=O) groups excluding carboxylic acids is 1. The van der Waals surface area contributed by atoms with Crippen LogP contribution in [-0.4, -0.2) is 37.8 Å². The quantitative estimate of drug-likeness (QED) is 0.210. The summed E-state index contributed by atoms with van der Waals surface area (Å²) in [6.07, 6.45) is 8.79. The lowest BCUT2D eigenvalue weighted by atomic mass is 10.00. The lowest BCUT2D eigenvalue weighted by molar-refractivity contribution is -0.142. The van der Waals surface area contributed by atoms with Crippen LogP contribution in [0, 0.1) is 0 Å². The summed E-state index contributed by atoms with van der Waals surface area (Å²) >= 11 is 0. The summed E-state index contributed by atoms with van der Waals surface area (Å²) in [6, 6.07) is 0.284. The Morgan fingerprint density at radius 2 is 1.85 bits per heavy atom. The number of esters is 1. The van der Waals surface area contributed by atoms with Crippen LogP contribution in [0.1, 0.15) is 77.8 Å². The standard InChI is InChI=1S/C25H39NO6S/c1-7-8-9-13-20-16-22(27)21(15-14-18(4)12-10-11-17(2)3)23(28)24(20)33(30,31)26-19(5)25(29)32-6/h11,14,16,19,26-28H,7-10,12-13,15H2,1-6H3/t19-/m0/s1. The van der Waals surface area contributed by atoms with Gasteiger partial charge in [-0.25, -0.2) is 8.42 Å². The average molecular weight is 482 g/mol. The number of benzene rings is 1. The predicted octanol–water partition coefficient (Wildman–Crippen LogP) is 4.91. The van der Waals surface area contributed by atoms with E-state index in [1.54, 1.807) is 0 Å². The van der Waals surface area contributed by atoms with E-state index in [2.05, 4.69) is 15.5 Å². The Balaban J connectivity index is 3.39. The predicted molar refractivity (Wildman–Crippen MR) is 131 cm³/mol. The minimum Gasteiger partial charge on any atom is -0.508 e. The molecule has 8 heteroatoms. The molecule has 0 saturated carbocycles. The van der Waals surface area contributed by atoms with Crippen molar-refractivity contribution in [2.24, 2.45) is 0 Å². The third-order valence-corrected chi connectivity index (χ3v) is 7.02. The number of nitrogens with one attached hydrogen (secondary N) is 1. The highest BCUT2D eigenvalue weighted by molar-refractivity contribution is 7.89. The van der Waals surface area contributed by atoms with Crippen molar-refractivity contribution < 1.29 is 28.2 Å². The zero-order chi connectivity index (χ0) is 25.2. The number of hydrogen-bond donors (Lipinski definition) is 3. The van der Waals surface area contributed by atoms with Crippen molar-refractivity contribution in [2.75, 3.05) is 7.11 Å². The molecule has 7 nitrogen and oxygen atoms in total. The van der Waals surface area contributed by atoms with Crippen molar-refractivity contribution in [1.82, 2.24) is 4.72 Å². The summed E-state index contributed by atoms with van der Waals surface area (Å²) in [5.74, 6) is -1.37. The number of aromatic hydroxyl groups is 2. The summed E-state index contributed by atoms with van der Waals surface area (Å²) in [6.45, 7) is 9.43. The second-order valence-corrected chi connectivity index (χ2v) is 10.3. The lowest BCUT2D eigenvalue weighted by Crippen LogP contribution is -2.39. The van der Waals surface area contributed by atoms with Gasteiger partial charge in [0, 0.05) is 5.56 Å². The van der Waals surface area contributed by atoms with E-state index in [0.717, 1.165) is 31.3 Å². The minimum atomic E-state index is -4.26. The molecule has 0 bridgehead atoms. The van der Waals surface area contributed by atoms with Gasteiger partial charge in [-0.05, 0) is 71.4 Å². The number of phenols is 2. The Labute approximate surface area is 198 Å². The molecule has 0 aliphatic rings. The van der Waals surface area contributed by atoms with Gasteiger partial charge in [-0.2, -0.15) is 4.72 Å². The molecule has 33 heavy (non-hydrogen) atoms. The van der Waals surface area contributed by atoms with Gasteiger partial charge >= 0.3 is 5.97 Å². The minimum absolute atomic E-state index is 0.141. The first kappa shape index (κ1) is 28.7. The number of carbonyl (C=O) groups is 1. The third-order valence-electron chi connectivity index (χ3n) is 5.36. The molecule has 1 rings (SSSR count). The Hall–Kier alpha value is -2.32. The second-order valence-electron chi connectivity index (χ2n) is 8.61. The maximum atomic E-state index is 13.2. The number of aryl methyl sites for hydroxylation is 1. The van der Waals surface area contributed by atoms with Gasteiger partial charge in [-0.3, -0.25) is 4.79 Å². The van der Waals surface area contributed by atoms with Gasteiger partial charge in [0.2, 0.25) is 10.0 Å². The zero-order valence-electron chi connectivity index (χ0n) is 20.7. The van der Waals surface area contributed by atoms with Crippen molar-refractivity contribution >= 4 is 16.0 Å². The second kappa shape index (κ2) is 13.4. The van der Waals surface area contributed by atoms with E-state index in [1.807, 2.05) is 33.8 Å². The molecular formula is C25H39NO6S. The van der Waals surface area contributed by atoms with Crippen LogP contribution < -0.4 is 4.72 Å². The van der Waals surface area contributed by atoms with E-state index in [9.17, 15) is 23.4 Å². The molecule has 1 aromatic rings. The van der Waals surface area contributed by atoms with Crippen LogP contribution in [0.15, 0.2) is 34.3 Å². The molecule has 0 aliphatic carbocycles. The van der Waals surface area contributed by atoms with Crippen molar-refractivity contribution in [2.45, 2.75) is 90.5 Å². The number of unbranched alkanes of at least 4 members (excludes halogenated alkanes) is 2. The number of hydrogen-bond acceptors (Lipinski definition) is 6. The van der Waals surface area contributed by atoms with Gasteiger partial charge in [0.05, 0.1) is 7.11 Å². The summed E-state index contributed by atoms with van der Waals surface area (Å²) in [4.78, 5) is 11.5. The summed E-state index contributed by atoms with van der Waals surface area (Å²) < 4.78 is 33.2. The normalized spacial score (nSPS) is 13.0. The largest absolute Gasteiger partial charge is 0.508 e. The first-order valence-corrected chi connectivity index (χ1v) is 12.9. The van der Waals surface area contributed by atoms with E-state index in [1.165, 1.54) is 25.7 Å². The maximum absolute atomic E-state index is 13.2. The van der Waals surface area contributed by atoms with Crippen molar-refractivity contribution in [3.05, 3.63) is 40.5 Å². The molecule has 0 aliphatic heterocycles. The van der Waals surface area contributed by atoms with E-state index < -0.39 is 27.8 Å². The molecule has 0 aromatic heterocycles. The van der Waals surface area contributed by atoms with Crippen LogP contribution >= 0.6 is 0 Å². The summed E-state index contributed by atoms with van der Waals surface area (Å²) in [5, 5.41) is 21.6. The van der Waals surface area contributed by atoms with Gasteiger partial charge in [-0.1, -0.05) is 43.1 Å². The fourth-order valence-corrected chi connectivity index (χ4v) is 5.03. The van der Waals surface area contributed by atoms with Gasteiger partial charge in [0.1, 0.15) is 22.4 Å². The molecule has 186 valence electrons. The molecule has 0 saturated heterocycles. The fourth-order valence-electron chi connectivity index (χ4n) is 3.46. The van der Waals surface area contributed by atoms with Crippen molar-refractivity contribution in [1.29, 1.82) is 0 Å². The van der Waals surface area contributed by atoms with Crippen LogP contribution in [0.25, 0.3) is 0 Å². The highest BCUT2D eigenvalue weighted by atomic mass is 32.2. The number of rotatable bonds is 13. The molecule has 0 heterocycles. The first-order valence-electron chi connectivity index (χ1n) is 11.4. The maximum Gasteiger partial charge on any atom is 0.323 e. The first-order chi connectivity index (χ1) is 15.4. The number of sulfonamides is 1. The van der Waals surface area contributed by atoms with Gasteiger partial charge in [0.15, 0.2) is 0 Å². The lowest BCUT2D eigenvalue weighted by Gasteiger charge is -2.19. The van der Waals surface area contributed by atoms with Gasteiger partial charge in [-0.15, -0.1) is 0 Å². The number of ether oxygens (including phenoxy) is 1. The Bertz CT molecular complexity index is 975. The van der Waals surface area contributed by atoms with Crippen molar-refractivity contribution in [3.63, 3.8) is 0 Å². The summed E-state index contributed by atoms with van der Waals surface area (Å²) in [5.41, 5.74) is 2.76. The van der Waals surface area contributed by atoms with Crippen LogP contribution in [0.3, 0.4) is 0 Å². The molecule has 0 fully saturated rings. The highest BCUT2D eigenvalue weighted by Gasteiger charge is 2.30. The highest BCUT2D eigenvalue weighted by Crippen LogP contribution is 2.38. The smallest absolute Gasteiger partial charge is 0.323 e. The number of phenolic OH excluding ortho intramolecular Hbond substituents is 2. The van der Waals surface area contributed by atoms with E-state index in [4.69, 9.17) is 0 Å². The SMILES string of the molecule is CCCCCc1cc(O)c(CC=C(C)CCC=C(C)C)c(O)c1S(=O)(=O)N[C@@H](C)C(=O)OC. The molecule has 0 spiro atoms. The van der Waals surface area contributed by atoms with Crippen LogP contribution in [0.2, 0.25) is 0 Å². The number of methoxy groups -OCH3 is 1. The fraction of sp³-hybridized carbons (Fsp3) is 0.560. The molecule has 1 aromatic carbocycles.